The van der Waals surface area contributed by atoms with Gasteiger partial charge < -0.3 is 16.0 Å². The quantitative estimate of drug-likeness (QED) is 0.774. The molecule has 0 aromatic heterocycles. The molecule has 2 unspecified atom stereocenters. The summed E-state index contributed by atoms with van der Waals surface area (Å²) in [5, 5.41) is 2.70. The van der Waals surface area contributed by atoms with Crippen molar-refractivity contribution in [3.63, 3.8) is 0 Å². The largest absolute Gasteiger partial charge is 0.354 e. The Hall–Kier alpha value is -0.950. The van der Waals surface area contributed by atoms with E-state index in [-0.39, 0.29) is 48.9 Å². The molecule has 0 aliphatic heterocycles. The number of nitrogens with two attached hydrogens (primary N) is 1. The van der Waals surface area contributed by atoms with Gasteiger partial charge in [-0.2, -0.15) is 0 Å². The van der Waals surface area contributed by atoms with Crippen molar-refractivity contribution in [2.24, 2.45) is 5.73 Å². The third-order valence-corrected chi connectivity index (χ3v) is 3.28. The van der Waals surface area contributed by atoms with Gasteiger partial charge in [0, 0.05) is 24.6 Å². The van der Waals surface area contributed by atoms with E-state index in [4.69, 9.17) is 5.73 Å². The minimum atomic E-state index is -0.612. The third-order valence-electron chi connectivity index (χ3n) is 3.28. The smallest absolute Gasteiger partial charge is 0.220 e. The Morgan fingerprint density at radius 3 is 2.22 bits per heavy atom. The zero-order chi connectivity index (χ0) is 16.0. The topological polar surface area (TPSA) is 58.4 Å². The maximum Gasteiger partial charge on any atom is 0.220 e. The van der Waals surface area contributed by atoms with Crippen LogP contribution in [0.25, 0.3) is 0 Å². The van der Waals surface area contributed by atoms with Gasteiger partial charge >= 0.3 is 0 Å². The molecule has 0 fully saturated rings. The van der Waals surface area contributed by atoms with Crippen LogP contribution in [-0.2, 0) is 4.79 Å². The predicted molar refractivity (Wildman–Crippen MR) is 93.2 cm³/mol. The van der Waals surface area contributed by atoms with Gasteiger partial charge in [0.1, 0.15) is 11.6 Å². The van der Waals surface area contributed by atoms with E-state index in [1.165, 1.54) is 18.2 Å². The van der Waals surface area contributed by atoms with E-state index in [2.05, 4.69) is 5.32 Å². The molecular formula is C15H25Cl2F2N3O. The highest BCUT2D eigenvalue weighted by Crippen LogP contribution is 2.23. The van der Waals surface area contributed by atoms with Crippen molar-refractivity contribution in [2.75, 3.05) is 20.6 Å². The molecule has 0 aliphatic rings. The summed E-state index contributed by atoms with van der Waals surface area (Å²) in [6.45, 7) is 1.97. The summed E-state index contributed by atoms with van der Waals surface area (Å²) in [5.74, 6) is -1.40. The molecule has 0 saturated carbocycles. The molecule has 8 heteroatoms. The van der Waals surface area contributed by atoms with Crippen molar-refractivity contribution in [1.29, 1.82) is 0 Å². The molecule has 1 aromatic carbocycles. The zero-order valence-corrected chi connectivity index (χ0v) is 15.1. The van der Waals surface area contributed by atoms with Crippen molar-refractivity contribution < 1.29 is 13.6 Å². The van der Waals surface area contributed by atoms with Gasteiger partial charge in [-0.3, -0.25) is 4.79 Å². The molecule has 0 saturated heterocycles. The molecular weight excluding hydrogens is 347 g/mol. The molecule has 1 aromatic rings. The van der Waals surface area contributed by atoms with Gasteiger partial charge in [-0.15, -0.1) is 24.8 Å². The lowest BCUT2D eigenvalue weighted by Crippen LogP contribution is -2.36. The highest BCUT2D eigenvalue weighted by atomic mass is 35.5. The second-order valence-corrected chi connectivity index (χ2v) is 5.43. The fourth-order valence-electron chi connectivity index (χ4n) is 2.03. The number of carbonyl (C=O) groups is 1. The average molecular weight is 372 g/mol. The second kappa shape index (κ2) is 11.6. The van der Waals surface area contributed by atoms with E-state index in [1.54, 1.807) is 19.0 Å². The fraction of sp³-hybridized carbons (Fsp3) is 0.533. The molecule has 134 valence electrons. The number of likely N-dealkylation sites (N-methyl/N-ethyl adjacent to an activating group) is 1. The molecule has 2 atom stereocenters. The lowest BCUT2D eigenvalue weighted by Gasteiger charge is -2.26. The van der Waals surface area contributed by atoms with E-state index in [1.807, 2.05) is 6.92 Å². The molecule has 0 spiro atoms. The molecule has 0 radical (unpaired) electrons. The van der Waals surface area contributed by atoms with Crippen molar-refractivity contribution in [3.8, 4) is 0 Å². The summed E-state index contributed by atoms with van der Waals surface area (Å²) in [6, 6.07) is 3.14. The first-order chi connectivity index (χ1) is 9.82. The van der Waals surface area contributed by atoms with Gasteiger partial charge in [-0.25, -0.2) is 8.78 Å². The van der Waals surface area contributed by atoms with E-state index in [0.717, 1.165) is 0 Å². The number of hydrogen-bond acceptors (Lipinski definition) is 3. The molecule has 3 N–H and O–H groups in total. The summed E-state index contributed by atoms with van der Waals surface area (Å²) in [5.41, 5.74) is 5.56. The third kappa shape index (κ3) is 7.92. The van der Waals surface area contributed by atoms with Crippen LogP contribution in [0.3, 0.4) is 0 Å². The molecule has 0 heterocycles. The van der Waals surface area contributed by atoms with Crippen LogP contribution in [-0.4, -0.2) is 37.5 Å². The molecule has 23 heavy (non-hydrogen) atoms. The minimum absolute atomic E-state index is 0. The van der Waals surface area contributed by atoms with Gasteiger partial charge in [-0.05, 0) is 39.6 Å². The number of halogens is 4. The van der Waals surface area contributed by atoms with Crippen LogP contribution in [0.1, 0.15) is 31.4 Å². The first kappa shape index (κ1) is 24.3. The van der Waals surface area contributed by atoms with E-state index in [9.17, 15) is 13.6 Å². The number of nitrogens with zero attached hydrogens (tertiary/aromatic N) is 1. The van der Waals surface area contributed by atoms with Crippen molar-refractivity contribution in [2.45, 2.75) is 31.8 Å². The maximum absolute atomic E-state index is 13.8. The lowest BCUT2D eigenvalue weighted by atomic mass is 10.0. The van der Waals surface area contributed by atoms with E-state index < -0.39 is 17.7 Å². The molecule has 4 nitrogen and oxygen atoms in total. The molecule has 0 aliphatic carbocycles. The Labute approximate surface area is 148 Å². The van der Waals surface area contributed by atoms with Crippen LogP contribution in [0.15, 0.2) is 18.2 Å². The Morgan fingerprint density at radius 2 is 1.78 bits per heavy atom. The highest BCUT2D eigenvalue weighted by Gasteiger charge is 2.22. The molecule has 1 rings (SSSR count). The normalized spacial score (nSPS) is 12.8. The van der Waals surface area contributed by atoms with E-state index >= 15 is 0 Å². The fourth-order valence-corrected chi connectivity index (χ4v) is 2.03. The number of hydrogen-bond donors (Lipinski definition) is 2. The van der Waals surface area contributed by atoms with Gasteiger partial charge in [0.2, 0.25) is 5.91 Å². The van der Waals surface area contributed by atoms with Crippen LogP contribution >= 0.6 is 24.8 Å². The summed E-state index contributed by atoms with van der Waals surface area (Å²) in [7, 11) is 3.43. The highest BCUT2D eigenvalue weighted by molar-refractivity contribution is 5.85. The monoisotopic (exact) mass is 371 g/mol. The summed E-state index contributed by atoms with van der Waals surface area (Å²) >= 11 is 0. The minimum Gasteiger partial charge on any atom is -0.354 e. The van der Waals surface area contributed by atoms with Gasteiger partial charge in [0.25, 0.3) is 0 Å². The SMILES string of the molecule is CC(N)CCC(=O)NCC(c1c(F)cccc1F)N(C)C.Cl.Cl. The van der Waals surface area contributed by atoms with Crippen LogP contribution in [0, 0.1) is 11.6 Å². The Bertz CT molecular complexity index is 468. The Kier molecular flexibility index (Phi) is 12.2. The predicted octanol–water partition coefficient (Wildman–Crippen LogP) is 2.65. The van der Waals surface area contributed by atoms with Crippen molar-refractivity contribution in [1.82, 2.24) is 10.2 Å². The number of rotatable bonds is 7. The number of nitrogens with one attached hydrogen (secondary N) is 1. The van der Waals surface area contributed by atoms with Crippen molar-refractivity contribution >= 4 is 30.7 Å². The maximum atomic E-state index is 13.8. The van der Waals surface area contributed by atoms with Gasteiger partial charge in [0.05, 0.1) is 6.04 Å². The van der Waals surface area contributed by atoms with Crippen LogP contribution < -0.4 is 11.1 Å². The molecule has 1 amide bonds. The summed E-state index contributed by atoms with van der Waals surface area (Å²) in [6.07, 6.45) is 0.879. The first-order valence-electron chi connectivity index (χ1n) is 6.95. The number of carbonyl (C=O) groups excluding carboxylic acids is 1. The van der Waals surface area contributed by atoms with Crippen LogP contribution in [0.2, 0.25) is 0 Å². The van der Waals surface area contributed by atoms with Gasteiger partial charge in [-0.1, -0.05) is 6.07 Å². The first-order valence-corrected chi connectivity index (χ1v) is 6.95. The number of benzene rings is 1. The number of amides is 1. The van der Waals surface area contributed by atoms with Crippen LogP contribution in [0.5, 0.6) is 0 Å². The zero-order valence-electron chi connectivity index (χ0n) is 13.5. The average Bonchev–Trinajstić information content (AvgIpc) is 2.39. The lowest BCUT2D eigenvalue weighted by molar-refractivity contribution is -0.121. The standard InChI is InChI=1S/C15H23F2N3O.2ClH/c1-10(18)7-8-14(21)19-9-13(20(2)3)15-11(16)5-4-6-12(15)17;;/h4-6,10,13H,7-9,18H2,1-3H3,(H,19,21);2*1H. The van der Waals surface area contributed by atoms with E-state index in [0.29, 0.717) is 12.8 Å². The van der Waals surface area contributed by atoms with Gasteiger partial charge in [0.15, 0.2) is 0 Å². The summed E-state index contributed by atoms with van der Waals surface area (Å²) in [4.78, 5) is 13.4. The second-order valence-electron chi connectivity index (χ2n) is 5.43. The summed E-state index contributed by atoms with van der Waals surface area (Å²) < 4.78 is 27.7. The Morgan fingerprint density at radius 1 is 1.26 bits per heavy atom. The van der Waals surface area contributed by atoms with Crippen LogP contribution in [0.4, 0.5) is 8.78 Å². The van der Waals surface area contributed by atoms with Crippen molar-refractivity contribution in [3.05, 3.63) is 35.4 Å². The molecule has 0 bridgehead atoms. The Balaban J connectivity index is 0.